The van der Waals surface area contributed by atoms with Crippen LogP contribution < -0.4 is 5.43 Å². The van der Waals surface area contributed by atoms with E-state index in [1.807, 2.05) is 42.3 Å². The van der Waals surface area contributed by atoms with E-state index in [9.17, 15) is 4.79 Å². The SMILES string of the molecule is CCOC[C@@H]1[C@@H](c2ccc(Cl)c(Cl)c2)C[C@@H]2CC[C@H]1N2C.Cc1c(C(=O)NN2CCCCC2)nn(-c2ccc(Cl)cc2Cl)c1-c1ccc(Cl)cc1. The zero-order valence-electron chi connectivity index (χ0n) is 29.1. The van der Waals surface area contributed by atoms with Crippen LogP contribution >= 0.6 is 58.0 Å². The normalized spacial score (nSPS) is 22.0. The molecule has 4 heterocycles. The maximum absolute atomic E-state index is 13.1. The lowest BCUT2D eigenvalue weighted by Gasteiger charge is -2.43. The molecular weight excluding hydrogens is 748 g/mol. The van der Waals surface area contributed by atoms with Gasteiger partial charge in [0.1, 0.15) is 0 Å². The van der Waals surface area contributed by atoms with Crippen molar-refractivity contribution >= 4 is 63.9 Å². The second-order valence-corrected chi connectivity index (χ2v) is 15.7. The van der Waals surface area contributed by atoms with Crippen LogP contribution in [0.25, 0.3) is 16.9 Å². The molecule has 0 saturated carbocycles. The molecule has 12 heteroatoms. The minimum atomic E-state index is -0.228. The van der Waals surface area contributed by atoms with Crippen molar-refractivity contribution in [2.45, 2.75) is 70.4 Å². The summed E-state index contributed by atoms with van der Waals surface area (Å²) in [7, 11) is 2.27. The van der Waals surface area contributed by atoms with Crippen molar-refractivity contribution in [1.82, 2.24) is 25.1 Å². The number of nitrogens with zero attached hydrogens (tertiary/aromatic N) is 4. The van der Waals surface area contributed by atoms with Gasteiger partial charge in [-0.1, -0.05) is 82.6 Å². The number of rotatable bonds is 8. The fourth-order valence-corrected chi connectivity index (χ4v) is 8.79. The third-order valence-corrected chi connectivity index (χ3v) is 12.1. The second-order valence-electron chi connectivity index (χ2n) is 13.6. The lowest BCUT2D eigenvalue weighted by Crippen LogP contribution is -2.47. The minimum absolute atomic E-state index is 0.228. The molecule has 0 spiro atoms. The molecule has 51 heavy (non-hydrogen) atoms. The highest BCUT2D eigenvalue weighted by Crippen LogP contribution is 2.47. The van der Waals surface area contributed by atoms with Gasteiger partial charge < -0.3 is 9.64 Å². The number of halogens is 5. The third kappa shape index (κ3) is 8.74. The lowest BCUT2D eigenvalue weighted by molar-refractivity contribution is 0.0253. The van der Waals surface area contributed by atoms with Gasteiger partial charge in [0, 0.05) is 58.9 Å². The van der Waals surface area contributed by atoms with Gasteiger partial charge in [-0.3, -0.25) is 10.2 Å². The van der Waals surface area contributed by atoms with Gasteiger partial charge >= 0.3 is 0 Å². The summed E-state index contributed by atoms with van der Waals surface area (Å²) < 4.78 is 7.49. The highest BCUT2D eigenvalue weighted by molar-refractivity contribution is 6.42. The number of benzene rings is 3. The molecule has 0 unspecified atom stereocenters. The summed E-state index contributed by atoms with van der Waals surface area (Å²) in [5.41, 5.74) is 7.74. The zero-order valence-corrected chi connectivity index (χ0v) is 32.9. The average molecular weight is 792 g/mol. The van der Waals surface area contributed by atoms with Crippen LogP contribution in [-0.4, -0.2) is 71.0 Å². The first kappa shape index (κ1) is 38.4. The monoisotopic (exact) mass is 789 g/mol. The number of aromatic nitrogens is 2. The summed E-state index contributed by atoms with van der Waals surface area (Å²) >= 11 is 30.9. The Labute approximate surface area is 326 Å². The first-order chi connectivity index (χ1) is 24.5. The van der Waals surface area contributed by atoms with E-state index in [4.69, 9.17) is 62.7 Å². The molecule has 3 aliphatic heterocycles. The molecule has 3 aliphatic rings. The first-order valence-electron chi connectivity index (χ1n) is 17.7. The van der Waals surface area contributed by atoms with E-state index >= 15 is 0 Å². The Morgan fingerprint density at radius 1 is 0.882 bits per heavy atom. The summed E-state index contributed by atoms with van der Waals surface area (Å²) in [6, 6.07) is 20.1. The number of piperidine rings is 2. The van der Waals surface area contributed by atoms with Crippen LogP contribution in [0.4, 0.5) is 0 Å². The van der Waals surface area contributed by atoms with E-state index in [-0.39, 0.29) is 5.91 Å². The molecule has 0 radical (unpaired) electrons. The molecule has 272 valence electrons. The number of ether oxygens (including phenoxy) is 1. The highest BCUT2D eigenvalue weighted by Gasteiger charge is 2.46. The molecule has 1 amide bonds. The van der Waals surface area contributed by atoms with Crippen LogP contribution in [0.3, 0.4) is 0 Å². The Kier molecular flexibility index (Phi) is 13.0. The Hall–Kier alpha value is -2.33. The van der Waals surface area contributed by atoms with Gasteiger partial charge in [-0.2, -0.15) is 5.10 Å². The van der Waals surface area contributed by atoms with E-state index in [1.165, 1.54) is 31.2 Å². The summed E-state index contributed by atoms with van der Waals surface area (Å²) in [6.07, 6.45) is 7.13. The van der Waals surface area contributed by atoms with E-state index in [0.717, 1.165) is 56.0 Å². The maximum atomic E-state index is 13.1. The average Bonchev–Trinajstić information content (AvgIpc) is 3.57. The molecule has 2 bridgehead atoms. The minimum Gasteiger partial charge on any atom is -0.381 e. The van der Waals surface area contributed by atoms with Crippen molar-refractivity contribution in [3.05, 3.63) is 103 Å². The van der Waals surface area contributed by atoms with Gasteiger partial charge in [0.15, 0.2) is 5.69 Å². The quantitative estimate of drug-likeness (QED) is 0.193. The number of fused-ring (bicyclic) bond motifs is 2. The van der Waals surface area contributed by atoms with Crippen molar-refractivity contribution in [2.24, 2.45) is 5.92 Å². The summed E-state index contributed by atoms with van der Waals surface area (Å²) in [5, 5.41) is 9.52. The van der Waals surface area contributed by atoms with Gasteiger partial charge in [-0.05, 0) is 107 Å². The van der Waals surface area contributed by atoms with Gasteiger partial charge in [0.05, 0.1) is 33.1 Å². The lowest BCUT2D eigenvalue weighted by atomic mass is 9.76. The first-order valence-corrected chi connectivity index (χ1v) is 19.6. The zero-order chi connectivity index (χ0) is 36.2. The Bertz CT molecular complexity index is 1830. The molecule has 7 rings (SSSR count). The Balaban J connectivity index is 0.000000187. The third-order valence-electron chi connectivity index (χ3n) is 10.5. The van der Waals surface area contributed by atoms with Crippen LogP contribution in [0.15, 0.2) is 60.7 Å². The summed E-state index contributed by atoms with van der Waals surface area (Å²) in [4.78, 5) is 15.6. The number of hydrogen-bond acceptors (Lipinski definition) is 5. The van der Waals surface area contributed by atoms with E-state index in [2.05, 4.69) is 41.5 Å². The second kappa shape index (κ2) is 17.2. The summed E-state index contributed by atoms with van der Waals surface area (Å²) in [6.45, 7) is 7.27. The van der Waals surface area contributed by atoms with Crippen molar-refractivity contribution in [2.75, 3.05) is 33.4 Å². The van der Waals surface area contributed by atoms with E-state index in [0.29, 0.717) is 60.4 Å². The van der Waals surface area contributed by atoms with Crippen LogP contribution in [0.2, 0.25) is 25.1 Å². The van der Waals surface area contributed by atoms with Gasteiger partial charge in [0.2, 0.25) is 0 Å². The van der Waals surface area contributed by atoms with E-state index in [1.54, 1.807) is 22.9 Å². The predicted molar refractivity (Wildman–Crippen MR) is 210 cm³/mol. The predicted octanol–water partition coefficient (Wildman–Crippen LogP) is 10.5. The number of hydrazine groups is 1. The molecule has 4 aromatic rings. The van der Waals surface area contributed by atoms with Crippen LogP contribution in [-0.2, 0) is 4.74 Å². The molecule has 1 aromatic heterocycles. The van der Waals surface area contributed by atoms with Gasteiger partial charge in [-0.25, -0.2) is 9.69 Å². The van der Waals surface area contributed by atoms with Crippen molar-refractivity contribution in [3.63, 3.8) is 0 Å². The molecule has 3 saturated heterocycles. The van der Waals surface area contributed by atoms with Gasteiger partial charge in [0.25, 0.3) is 5.91 Å². The topological polar surface area (TPSA) is 62.6 Å². The highest BCUT2D eigenvalue weighted by atomic mass is 35.5. The number of nitrogens with one attached hydrogen (secondary N) is 1. The molecular formula is C39H44Cl5N5O2. The molecule has 7 nitrogen and oxygen atoms in total. The number of amides is 1. The molecule has 4 atom stereocenters. The van der Waals surface area contributed by atoms with Crippen LogP contribution in [0.1, 0.15) is 73.0 Å². The van der Waals surface area contributed by atoms with E-state index < -0.39 is 0 Å². The number of carbonyl (C=O) groups excluding carboxylic acids is 1. The standard InChI is InChI=1S/C22H21Cl3N4O.C17H23Cl2NO/c1-14-20(22(30)27-28-11-3-2-4-12-28)26-29(19-10-9-17(24)13-18(19)25)21(14)15-5-7-16(23)8-6-15;1-3-21-10-14-13(9-12-5-7-17(14)20(12)2)11-4-6-15(18)16(19)8-11/h5-10,13H,2-4,11-12H2,1H3,(H,27,30);4,6,8,12-14,17H,3,5,7,9-10H2,1-2H3/t;12-,13+,14+,17+/m.0/s1. The number of hydrogen-bond donors (Lipinski definition) is 1. The number of carbonyl (C=O) groups is 1. The summed E-state index contributed by atoms with van der Waals surface area (Å²) in [5.74, 6) is 0.847. The smallest absolute Gasteiger partial charge is 0.286 e. The maximum Gasteiger partial charge on any atom is 0.286 e. The van der Waals surface area contributed by atoms with Crippen LogP contribution in [0.5, 0.6) is 0 Å². The Morgan fingerprint density at radius 3 is 2.29 bits per heavy atom. The van der Waals surface area contributed by atoms with Crippen molar-refractivity contribution in [1.29, 1.82) is 0 Å². The van der Waals surface area contributed by atoms with Crippen molar-refractivity contribution in [3.8, 4) is 16.9 Å². The molecule has 0 aliphatic carbocycles. The van der Waals surface area contributed by atoms with Crippen LogP contribution in [0, 0.1) is 12.8 Å². The van der Waals surface area contributed by atoms with Gasteiger partial charge in [-0.15, -0.1) is 0 Å². The fraction of sp³-hybridized carbons (Fsp3) is 0.436. The molecule has 3 aromatic carbocycles. The Morgan fingerprint density at radius 2 is 1.61 bits per heavy atom. The molecule has 3 fully saturated rings. The fourth-order valence-electron chi connectivity index (χ4n) is 7.87. The largest absolute Gasteiger partial charge is 0.381 e. The molecule has 1 N–H and O–H groups in total. The van der Waals surface area contributed by atoms with Crippen molar-refractivity contribution < 1.29 is 9.53 Å².